The van der Waals surface area contributed by atoms with Crippen molar-refractivity contribution in [3.63, 3.8) is 0 Å². The highest BCUT2D eigenvalue weighted by atomic mass is 79.9. The van der Waals surface area contributed by atoms with Gasteiger partial charge in [-0.15, -0.1) is 0 Å². The van der Waals surface area contributed by atoms with Gasteiger partial charge in [-0.25, -0.2) is 14.8 Å². The summed E-state index contributed by atoms with van der Waals surface area (Å²) < 4.78 is 5.18. The summed E-state index contributed by atoms with van der Waals surface area (Å²) in [5.41, 5.74) is 0.281. The van der Waals surface area contributed by atoms with Gasteiger partial charge in [0.05, 0.1) is 11.6 Å². The molecule has 1 aromatic rings. The van der Waals surface area contributed by atoms with Crippen LogP contribution in [0.25, 0.3) is 0 Å². The molecule has 1 aromatic heterocycles. The van der Waals surface area contributed by atoms with E-state index in [-0.39, 0.29) is 5.69 Å². The normalized spacial score (nSPS) is 10.5. The molecule has 0 aliphatic heterocycles. The maximum Gasteiger partial charge on any atom is 0.357 e. The van der Waals surface area contributed by atoms with Gasteiger partial charge < -0.3 is 4.74 Å². The molecule has 0 radical (unpaired) electrons. The lowest BCUT2D eigenvalue weighted by Crippen LogP contribution is -2.10. The predicted octanol–water partition coefficient (Wildman–Crippen LogP) is 2.22. The fourth-order valence-electron chi connectivity index (χ4n) is 1.11. The van der Waals surface area contributed by atoms with Crippen molar-refractivity contribution in [2.45, 2.75) is 20.3 Å². The summed E-state index contributed by atoms with van der Waals surface area (Å²) in [6.45, 7) is 4.15. The molecule has 4 nitrogen and oxygen atoms in total. The minimum absolute atomic E-state index is 0.281. The van der Waals surface area contributed by atoms with E-state index in [1.165, 1.54) is 7.11 Å². The molecule has 15 heavy (non-hydrogen) atoms. The largest absolute Gasteiger partial charge is 0.464 e. The monoisotopic (exact) mass is 272 g/mol. The van der Waals surface area contributed by atoms with E-state index in [1.54, 1.807) is 6.20 Å². The van der Waals surface area contributed by atoms with Crippen LogP contribution in [-0.4, -0.2) is 23.0 Å². The van der Waals surface area contributed by atoms with Crippen molar-refractivity contribution in [2.24, 2.45) is 5.92 Å². The van der Waals surface area contributed by atoms with E-state index in [0.717, 1.165) is 6.42 Å². The third-order valence-electron chi connectivity index (χ3n) is 1.76. The summed E-state index contributed by atoms with van der Waals surface area (Å²) in [5.74, 6) is 0.666. The molecule has 0 fully saturated rings. The maximum atomic E-state index is 11.3. The van der Waals surface area contributed by atoms with E-state index in [1.807, 2.05) is 0 Å². The highest BCUT2D eigenvalue weighted by molar-refractivity contribution is 9.10. The number of hydrogen-bond donors (Lipinski definition) is 0. The molecule has 0 spiro atoms. The Hall–Kier alpha value is -0.970. The first kappa shape index (κ1) is 12.1. The van der Waals surface area contributed by atoms with E-state index in [2.05, 4.69) is 44.5 Å². The third kappa shape index (κ3) is 3.27. The number of ether oxygens (including phenoxy) is 1. The van der Waals surface area contributed by atoms with Gasteiger partial charge in [-0.3, -0.25) is 0 Å². The van der Waals surface area contributed by atoms with Crippen LogP contribution in [-0.2, 0) is 11.2 Å². The smallest absolute Gasteiger partial charge is 0.357 e. The lowest BCUT2D eigenvalue weighted by atomic mass is 10.1. The Morgan fingerprint density at radius 3 is 2.80 bits per heavy atom. The van der Waals surface area contributed by atoms with Crippen LogP contribution >= 0.6 is 15.9 Å². The Kier molecular flexibility index (Phi) is 4.20. The number of halogens is 1. The van der Waals surface area contributed by atoms with Crippen molar-refractivity contribution in [2.75, 3.05) is 7.11 Å². The highest BCUT2D eigenvalue weighted by Crippen LogP contribution is 2.15. The minimum atomic E-state index is -0.450. The van der Waals surface area contributed by atoms with Crippen molar-refractivity contribution >= 4 is 21.9 Å². The molecule has 0 aromatic carbocycles. The van der Waals surface area contributed by atoms with E-state index in [0.29, 0.717) is 16.2 Å². The van der Waals surface area contributed by atoms with Crippen LogP contribution in [0.15, 0.2) is 10.7 Å². The van der Waals surface area contributed by atoms with Gasteiger partial charge in [0.2, 0.25) is 0 Å². The van der Waals surface area contributed by atoms with Crippen LogP contribution in [0.5, 0.6) is 0 Å². The number of carbonyl (C=O) groups excluding carboxylic acids is 1. The van der Waals surface area contributed by atoms with Gasteiger partial charge in [0.1, 0.15) is 5.82 Å². The fraction of sp³-hybridized carbons (Fsp3) is 0.500. The second kappa shape index (κ2) is 5.21. The van der Waals surface area contributed by atoms with Gasteiger partial charge in [0.25, 0.3) is 0 Å². The molecule has 0 N–H and O–H groups in total. The first-order valence-corrected chi connectivity index (χ1v) is 5.43. The lowest BCUT2D eigenvalue weighted by molar-refractivity contribution is 0.0592. The minimum Gasteiger partial charge on any atom is -0.464 e. The standard InChI is InChI=1S/C10H13BrN2O2/c1-6(2)4-8-12-5-7(11)9(13-8)10(14)15-3/h5-6H,4H2,1-3H3. The molecule has 82 valence electrons. The van der Waals surface area contributed by atoms with Crippen molar-refractivity contribution in [1.29, 1.82) is 0 Å². The average Bonchev–Trinajstić information content (AvgIpc) is 2.19. The maximum absolute atomic E-state index is 11.3. The number of esters is 1. The molecular weight excluding hydrogens is 260 g/mol. The topological polar surface area (TPSA) is 52.1 Å². The van der Waals surface area contributed by atoms with Gasteiger partial charge >= 0.3 is 5.97 Å². The number of rotatable bonds is 3. The molecule has 0 aliphatic rings. The molecule has 0 amide bonds. The summed E-state index contributed by atoms with van der Waals surface area (Å²) in [7, 11) is 1.33. The zero-order chi connectivity index (χ0) is 11.4. The molecule has 0 bridgehead atoms. The Balaban J connectivity index is 3.00. The molecule has 1 heterocycles. The van der Waals surface area contributed by atoms with E-state index in [9.17, 15) is 4.79 Å². The first-order chi connectivity index (χ1) is 7.04. The fourth-order valence-corrected chi connectivity index (χ4v) is 1.46. The van der Waals surface area contributed by atoms with Crippen LogP contribution in [0, 0.1) is 5.92 Å². The van der Waals surface area contributed by atoms with Crippen LogP contribution in [0.4, 0.5) is 0 Å². The van der Waals surface area contributed by atoms with Gasteiger partial charge in [-0.1, -0.05) is 13.8 Å². The number of aromatic nitrogens is 2. The molecule has 0 unspecified atom stereocenters. The Morgan fingerprint density at radius 1 is 1.60 bits per heavy atom. The molecule has 0 atom stereocenters. The molecule has 0 saturated heterocycles. The van der Waals surface area contributed by atoms with Crippen molar-refractivity contribution in [3.05, 3.63) is 22.2 Å². The number of hydrogen-bond acceptors (Lipinski definition) is 4. The summed E-state index contributed by atoms with van der Waals surface area (Å²) in [5, 5.41) is 0. The van der Waals surface area contributed by atoms with Gasteiger partial charge in [-0.2, -0.15) is 0 Å². The molecular formula is C10H13BrN2O2. The van der Waals surface area contributed by atoms with E-state index >= 15 is 0 Å². The molecule has 0 saturated carbocycles. The van der Waals surface area contributed by atoms with Crippen molar-refractivity contribution in [1.82, 2.24) is 9.97 Å². The third-order valence-corrected chi connectivity index (χ3v) is 2.34. The highest BCUT2D eigenvalue weighted by Gasteiger charge is 2.14. The summed E-state index contributed by atoms with van der Waals surface area (Å²) in [4.78, 5) is 19.6. The predicted molar refractivity (Wildman–Crippen MR) is 59.6 cm³/mol. The van der Waals surface area contributed by atoms with Crippen molar-refractivity contribution < 1.29 is 9.53 Å². The van der Waals surface area contributed by atoms with Crippen LogP contribution in [0.1, 0.15) is 30.2 Å². The number of nitrogens with zero attached hydrogens (tertiary/aromatic N) is 2. The SMILES string of the molecule is COC(=O)c1nc(CC(C)C)ncc1Br. The van der Waals surface area contributed by atoms with Gasteiger partial charge in [0.15, 0.2) is 5.69 Å². The zero-order valence-electron chi connectivity index (χ0n) is 8.95. The summed E-state index contributed by atoms with van der Waals surface area (Å²) in [6, 6.07) is 0. The Morgan fingerprint density at radius 2 is 2.27 bits per heavy atom. The Bertz CT molecular complexity index is 366. The Labute approximate surface area is 97.2 Å². The molecule has 0 aliphatic carbocycles. The van der Waals surface area contributed by atoms with Gasteiger partial charge in [-0.05, 0) is 21.8 Å². The van der Waals surface area contributed by atoms with Gasteiger partial charge in [0, 0.05) is 12.6 Å². The van der Waals surface area contributed by atoms with Crippen LogP contribution in [0.2, 0.25) is 0 Å². The summed E-state index contributed by atoms with van der Waals surface area (Å²) >= 11 is 3.21. The first-order valence-electron chi connectivity index (χ1n) is 4.64. The molecule has 5 heteroatoms. The second-order valence-corrected chi connectivity index (χ2v) is 4.43. The number of carbonyl (C=O) groups is 1. The second-order valence-electron chi connectivity index (χ2n) is 3.57. The lowest BCUT2D eigenvalue weighted by Gasteiger charge is -2.06. The summed E-state index contributed by atoms with van der Waals surface area (Å²) in [6.07, 6.45) is 2.33. The van der Waals surface area contributed by atoms with Crippen LogP contribution in [0.3, 0.4) is 0 Å². The van der Waals surface area contributed by atoms with E-state index < -0.39 is 5.97 Å². The van der Waals surface area contributed by atoms with E-state index in [4.69, 9.17) is 0 Å². The average molecular weight is 273 g/mol. The number of methoxy groups -OCH3 is 1. The van der Waals surface area contributed by atoms with Crippen LogP contribution < -0.4 is 0 Å². The zero-order valence-corrected chi connectivity index (χ0v) is 10.5. The van der Waals surface area contributed by atoms with Crippen molar-refractivity contribution in [3.8, 4) is 0 Å². The quantitative estimate of drug-likeness (QED) is 0.792. The molecule has 1 rings (SSSR count).